The average Bonchev–Trinajstić information content (AvgIpc) is 3.23. The number of carboxylic acid groups (broad SMARTS) is 1. The van der Waals surface area contributed by atoms with E-state index in [2.05, 4.69) is 39.5 Å². The van der Waals surface area contributed by atoms with Crippen molar-refractivity contribution in [3.05, 3.63) is 0 Å². The molecule has 7 heteroatoms. The fraction of sp³-hybridized carbons (Fsp3) is 0.962. The summed E-state index contributed by atoms with van der Waals surface area (Å²) in [4.78, 5) is 23.5. The van der Waals surface area contributed by atoms with E-state index < -0.39 is 0 Å². The monoisotopic (exact) mass is 840 g/mol. The molecule has 3 N–H and O–H groups in total. The second kappa shape index (κ2) is 49.5. The molecule has 0 rings (SSSR count). The highest BCUT2D eigenvalue weighted by Crippen LogP contribution is 2.32. The van der Waals surface area contributed by atoms with Crippen molar-refractivity contribution < 1.29 is 29.6 Å². The fourth-order valence-electron chi connectivity index (χ4n) is 8.98. The maximum absolute atomic E-state index is 12.7. The topological polar surface area (TPSA) is 107 Å². The molecule has 0 amide bonds. The van der Waals surface area contributed by atoms with Crippen LogP contribution in [0.4, 0.5) is 0 Å². The van der Waals surface area contributed by atoms with E-state index in [1.807, 2.05) is 0 Å². The van der Waals surface area contributed by atoms with Gasteiger partial charge in [-0.2, -0.15) is 0 Å². The van der Waals surface area contributed by atoms with Crippen LogP contribution < -0.4 is 0 Å². The number of rotatable bonds is 46. The van der Waals surface area contributed by atoms with Crippen molar-refractivity contribution in [3.8, 4) is 0 Å². The maximum Gasteiger partial charge on any atom is 0.305 e. The predicted molar refractivity (Wildman–Crippen MR) is 254 cm³/mol. The van der Waals surface area contributed by atoms with E-state index in [4.69, 9.17) is 14.6 Å². The fourth-order valence-corrected chi connectivity index (χ4v) is 8.98. The molecule has 0 fully saturated rings. The van der Waals surface area contributed by atoms with Crippen LogP contribution in [0.25, 0.3) is 0 Å². The third-order valence-electron chi connectivity index (χ3n) is 12.7. The van der Waals surface area contributed by atoms with Gasteiger partial charge in [-0.05, 0) is 75.8 Å². The molecular weight excluding hydrogens is 735 g/mol. The summed E-state index contributed by atoms with van der Waals surface area (Å²) in [6, 6.07) is 0. The van der Waals surface area contributed by atoms with E-state index in [9.17, 15) is 15.0 Å². The molecule has 0 saturated heterocycles. The standard InChI is InChI=1S/C51H103NO4.CH2O2/c1-6-11-16-18-25-34-47(33-24-13-8-3)35-26-19-20-28-39-50(54)46-52(43-31-23-32-44-53)42-30-22-21-29-40-51(55)56-45-41-49(37-15-10-5)48(36-14-9-4)38-27-17-12-7-2;2-1-3/h47-50,53-54H,6-46H2,1-5H3;1H,(H,2,3). The molecule has 354 valence electrons. The predicted octanol–water partition coefficient (Wildman–Crippen LogP) is 14.9. The van der Waals surface area contributed by atoms with Gasteiger partial charge in [0.1, 0.15) is 0 Å². The van der Waals surface area contributed by atoms with Crippen molar-refractivity contribution in [1.29, 1.82) is 0 Å². The first-order valence-corrected chi connectivity index (χ1v) is 26.1. The maximum atomic E-state index is 12.7. The van der Waals surface area contributed by atoms with Crippen molar-refractivity contribution in [3.63, 3.8) is 0 Å². The Morgan fingerprint density at radius 1 is 0.508 bits per heavy atom. The van der Waals surface area contributed by atoms with Gasteiger partial charge in [-0.25, -0.2) is 0 Å². The second-order valence-corrected chi connectivity index (χ2v) is 18.2. The van der Waals surface area contributed by atoms with Crippen LogP contribution in [0.5, 0.6) is 0 Å². The Bertz CT molecular complexity index is 827. The van der Waals surface area contributed by atoms with Gasteiger partial charge in [0.25, 0.3) is 6.47 Å². The minimum atomic E-state index is -0.253. The van der Waals surface area contributed by atoms with Crippen LogP contribution in [0.15, 0.2) is 0 Å². The van der Waals surface area contributed by atoms with Crippen LogP contribution in [0.3, 0.4) is 0 Å². The minimum absolute atomic E-state index is 0.00877. The molecule has 0 saturated carbocycles. The first-order valence-electron chi connectivity index (χ1n) is 26.1. The number of aliphatic hydroxyl groups excluding tert-OH is 2. The van der Waals surface area contributed by atoms with Gasteiger partial charge in [-0.1, -0.05) is 214 Å². The van der Waals surface area contributed by atoms with Crippen LogP contribution in [0, 0.1) is 17.8 Å². The molecule has 0 aromatic rings. The molecule has 0 heterocycles. The Hall–Kier alpha value is -1.18. The Balaban J connectivity index is 0. The number of hydrogen-bond acceptors (Lipinski definition) is 6. The summed E-state index contributed by atoms with van der Waals surface area (Å²) in [5, 5.41) is 27.1. The highest BCUT2D eigenvalue weighted by molar-refractivity contribution is 5.69. The summed E-state index contributed by atoms with van der Waals surface area (Å²) >= 11 is 0. The Kier molecular flexibility index (Phi) is 50.2. The Morgan fingerprint density at radius 3 is 1.44 bits per heavy atom. The molecule has 0 spiro atoms. The molecule has 0 bridgehead atoms. The molecule has 0 aliphatic carbocycles. The van der Waals surface area contributed by atoms with Crippen LogP contribution in [-0.4, -0.2) is 71.6 Å². The van der Waals surface area contributed by atoms with Gasteiger partial charge in [-0.15, -0.1) is 0 Å². The van der Waals surface area contributed by atoms with Gasteiger partial charge in [0, 0.05) is 19.6 Å². The van der Waals surface area contributed by atoms with Gasteiger partial charge in [0.15, 0.2) is 0 Å². The summed E-state index contributed by atoms with van der Waals surface area (Å²) in [5.41, 5.74) is 0. The lowest BCUT2D eigenvalue weighted by molar-refractivity contribution is -0.144. The van der Waals surface area contributed by atoms with E-state index in [0.717, 1.165) is 95.7 Å². The summed E-state index contributed by atoms with van der Waals surface area (Å²) in [5.74, 6) is 2.40. The lowest BCUT2D eigenvalue weighted by atomic mass is 9.79. The van der Waals surface area contributed by atoms with Crippen molar-refractivity contribution in [2.24, 2.45) is 17.8 Å². The summed E-state index contributed by atoms with van der Waals surface area (Å²) in [7, 11) is 0. The van der Waals surface area contributed by atoms with E-state index in [-0.39, 0.29) is 25.2 Å². The van der Waals surface area contributed by atoms with Gasteiger partial charge < -0.3 is 25.0 Å². The number of aliphatic hydroxyl groups is 2. The summed E-state index contributed by atoms with van der Waals surface area (Å²) < 4.78 is 5.82. The molecule has 0 radical (unpaired) electrons. The van der Waals surface area contributed by atoms with Crippen LogP contribution >= 0.6 is 0 Å². The minimum Gasteiger partial charge on any atom is -0.483 e. The molecule has 0 aromatic carbocycles. The molecule has 0 aliphatic heterocycles. The Morgan fingerprint density at radius 2 is 0.898 bits per heavy atom. The smallest absolute Gasteiger partial charge is 0.305 e. The number of ether oxygens (including phenoxy) is 1. The second-order valence-electron chi connectivity index (χ2n) is 18.2. The number of carbonyl (C=O) groups excluding carboxylic acids is 1. The van der Waals surface area contributed by atoms with Gasteiger partial charge in [0.05, 0.1) is 12.7 Å². The summed E-state index contributed by atoms with van der Waals surface area (Å²) in [6.45, 7) is 14.9. The van der Waals surface area contributed by atoms with Crippen LogP contribution in [-0.2, 0) is 14.3 Å². The number of unbranched alkanes of at least 4 members (excludes halogenated alkanes) is 19. The molecule has 4 atom stereocenters. The number of hydrogen-bond donors (Lipinski definition) is 3. The van der Waals surface area contributed by atoms with Gasteiger partial charge in [-0.3, -0.25) is 9.59 Å². The molecular formula is C52H105NO6. The van der Waals surface area contributed by atoms with Crippen molar-refractivity contribution >= 4 is 12.4 Å². The van der Waals surface area contributed by atoms with E-state index in [1.165, 1.54) is 161 Å². The summed E-state index contributed by atoms with van der Waals surface area (Å²) in [6.07, 6.45) is 44.3. The highest BCUT2D eigenvalue weighted by Gasteiger charge is 2.21. The zero-order chi connectivity index (χ0) is 43.9. The van der Waals surface area contributed by atoms with Gasteiger partial charge in [0.2, 0.25) is 0 Å². The van der Waals surface area contributed by atoms with Crippen molar-refractivity contribution in [1.82, 2.24) is 4.90 Å². The van der Waals surface area contributed by atoms with Crippen LogP contribution in [0.2, 0.25) is 0 Å². The van der Waals surface area contributed by atoms with E-state index in [0.29, 0.717) is 18.9 Å². The molecule has 4 unspecified atom stereocenters. The quantitative estimate of drug-likeness (QED) is 0.0318. The van der Waals surface area contributed by atoms with E-state index in [1.54, 1.807) is 0 Å². The first kappa shape index (κ1) is 59.9. The highest BCUT2D eigenvalue weighted by atomic mass is 16.5. The zero-order valence-electron chi connectivity index (χ0n) is 40.4. The van der Waals surface area contributed by atoms with Crippen LogP contribution in [0.1, 0.15) is 266 Å². The molecule has 7 nitrogen and oxygen atoms in total. The third-order valence-corrected chi connectivity index (χ3v) is 12.7. The lowest BCUT2D eigenvalue weighted by Gasteiger charge is -2.27. The zero-order valence-corrected chi connectivity index (χ0v) is 40.4. The Labute approximate surface area is 368 Å². The largest absolute Gasteiger partial charge is 0.483 e. The number of carbonyl (C=O) groups is 2. The van der Waals surface area contributed by atoms with E-state index >= 15 is 0 Å². The molecule has 59 heavy (non-hydrogen) atoms. The van der Waals surface area contributed by atoms with Crippen molar-refractivity contribution in [2.75, 3.05) is 32.8 Å². The molecule has 0 aromatic heterocycles. The average molecular weight is 840 g/mol. The SMILES string of the molecule is CCCCCCCC(CCCCC)CCCCCCC(O)CN(CCCCCO)CCCCCCC(=O)OCCC(CCCC)C(CCCC)CCCCCC.O=CO. The van der Waals surface area contributed by atoms with Gasteiger partial charge >= 0.3 is 5.97 Å². The van der Waals surface area contributed by atoms with Crippen molar-refractivity contribution in [2.45, 2.75) is 272 Å². The first-order chi connectivity index (χ1) is 28.9. The normalized spacial score (nSPS) is 13.5. The lowest BCUT2D eigenvalue weighted by Crippen LogP contribution is -2.34. The third kappa shape index (κ3) is 43.3. The molecule has 0 aliphatic rings. The number of esters is 1. The number of nitrogens with zero attached hydrogens (tertiary/aromatic N) is 1.